The van der Waals surface area contributed by atoms with Crippen LogP contribution in [-0.2, 0) is 9.59 Å². The number of hydrogen-bond donors (Lipinski definition) is 1. The average Bonchev–Trinajstić information content (AvgIpc) is 2.96. The van der Waals surface area contributed by atoms with Crippen molar-refractivity contribution < 1.29 is 24.2 Å². The van der Waals surface area contributed by atoms with E-state index < -0.39 is 6.04 Å². The Bertz CT molecular complexity index is 676. The molecule has 3 rings (SSSR count). The fraction of sp³-hybridized carbons (Fsp3) is 0.579. The standard InChI is InChI=1S/C19H26N2O5/c1-25-14-6-7-17(26-2)15(11-14)21-18(23)12-16(19(21)24)20-9-4-3-5-13(20)8-10-22/h6-7,11,13,16,22H,3-5,8-10,12H2,1-2H3/t13-,16+/m0/s1. The summed E-state index contributed by atoms with van der Waals surface area (Å²) in [5.41, 5.74) is 0.417. The van der Waals surface area contributed by atoms with Gasteiger partial charge in [-0.3, -0.25) is 14.5 Å². The summed E-state index contributed by atoms with van der Waals surface area (Å²) in [5.74, 6) is 0.547. The Balaban J connectivity index is 1.89. The van der Waals surface area contributed by atoms with Crippen molar-refractivity contribution in [1.29, 1.82) is 0 Å². The monoisotopic (exact) mass is 362 g/mol. The summed E-state index contributed by atoms with van der Waals surface area (Å²) < 4.78 is 10.6. The molecule has 7 heteroatoms. The van der Waals surface area contributed by atoms with E-state index in [-0.39, 0.29) is 30.9 Å². The van der Waals surface area contributed by atoms with Gasteiger partial charge in [0.1, 0.15) is 11.5 Å². The van der Waals surface area contributed by atoms with E-state index in [1.54, 1.807) is 18.2 Å². The smallest absolute Gasteiger partial charge is 0.251 e. The number of methoxy groups -OCH3 is 2. The van der Waals surface area contributed by atoms with E-state index >= 15 is 0 Å². The van der Waals surface area contributed by atoms with Gasteiger partial charge < -0.3 is 14.6 Å². The van der Waals surface area contributed by atoms with Crippen molar-refractivity contribution >= 4 is 17.5 Å². The molecule has 2 amide bonds. The molecule has 2 saturated heterocycles. The summed E-state index contributed by atoms with van der Waals surface area (Å²) in [6.07, 6.45) is 3.81. The fourth-order valence-corrected chi connectivity index (χ4v) is 3.99. The first-order chi connectivity index (χ1) is 12.6. The van der Waals surface area contributed by atoms with Crippen molar-refractivity contribution in [2.75, 3.05) is 32.3 Å². The second kappa shape index (κ2) is 8.05. The van der Waals surface area contributed by atoms with Crippen molar-refractivity contribution in [2.24, 2.45) is 0 Å². The molecular weight excluding hydrogens is 336 g/mol. The lowest BCUT2D eigenvalue weighted by Gasteiger charge is -2.38. The minimum absolute atomic E-state index is 0.0868. The molecule has 0 saturated carbocycles. The number of carbonyl (C=O) groups excluding carboxylic acids is 2. The highest BCUT2D eigenvalue weighted by atomic mass is 16.5. The topological polar surface area (TPSA) is 79.3 Å². The van der Waals surface area contributed by atoms with Crippen molar-refractivity contribution in [1.82, 2.24) is 4.90 Å². The zero-order valence-corrected chi connectivity index (χ0v) is 15.3. The van der Waals surface area contributed by atoms with Gasteiger partial charge in [0.2, 0.25) is 5.91 Å². The first kappa shape index (κ1) is 18.7. The van der Waals surface area contributed by atoms with Crippen LogP contribution >= 0.6 is 0 Å². The lowest BCUT2D eigenvalue weighted by molar-refractivity contribution is -0.124. The summed E-state index contributed by atoms with van der Waals surface area (Å²) in [6, 6.07) is 4.74. The van der Waals surface area contributed by atoms with Gasteiger partial charge in [0.05, 0.1) is 32.4 Å². The maximum atomic E-state index is 13.1. The molecule has 1 aromatic rings. The van der Waals surface area contributed by atoms with Crippen molar-refractivity contribution in [3.63, 3.8) is 0 Å². The predicted octanol–water partition coefficient (Wildman–Crippen LogP) is 1.57. The summed E-state index contributed by atoms with van der Waals surface area (Å²) in [7, 11) is 3.05. The van der Waals surface area contributed by atoms with E-state index in [4.69, 9.17) is 9.47 Å². The third kappa shape index (κ3) is 3.41. The second-order valence-electron chi connectivity index (χ2n) is 6.72. The number of benzene rings is 1. The Kier molecular flexibility index (Phi) is 5.78. The number of hydrogen-bond acceptors (Lipinski definition) is 6. The van der Waals surface area contributed by atoms with Crippen molar-refractivity contribution in [2.45, 2.75) is 44.2 Å². The van der Waals surface area contributed by atoms with Crippen LogP contribution in [0.2, 0.25) is 0 Å². The number of anilines is 1. The number of rotatable bonds is 6. The summed E-state index contributed by atoms with van der Waals surface area (Å²) in [6.45, 7) is 0.862. The van der Waals surface area contributed by atoms with Crippen LogP contribution in [0.5, 0.6) is 11.5 Å². The molecule has 0 unspecified atom stereocenters. The highest BCUT2D eigenvalue weighted by molar-refractivity contribution is 6.23. The van der Waals surface area contributed by atoms with Crippen LogP contribution in [0.15, 0.2) is 18.2 Å². The SMILES string of the molecule is COc1ccc(OC)c(N2C(=O)C[C@@H](N3CCCC[C@H]3CCO)C2=O)c1. The quantitative estimate of drug-likeness (QED) is 0.774. The fourth-order valence-electron chi connectivity index (χ4n) is 3.99. The normalized spacial score (nSPS) is 24.2. The van der Waals surface area contributed by atoms with Crippen molar-refractivity contribution in [3.8, 4) is 11.5 Å². The maximum absolute atomic E-state index is 13.1. The van der Waals surface area contributed by atoms with E-state index in [9.17, 15) is 14.7 Å². The highest BCUT2D eigenvalue weighted by Crippen LogP contribution is 2.37. The lowest BCUT2D eigenvalue weighted by atomic mass is 9.97. The molecule has 2 aliphatic rings. The minimum atomic E-state index is -0.477. The van der Waals surface area contributed by atoms with Gasteiger partial charge in [0.15, 0.2) is 0 Å². The van der Waals surface area contributed by atoms with Gasteiger partial charge in [-0.1, -0.05) is 6.42 Å². The number of piperidine rings is 1. The summed E-state index contributed by atoms with van der Waals surface area (Å²) in [5, 5.41) is 9.33. The van der Waals surface area contributed by atoms with E-state index in [1.165, 1.54) is 19.1 Å². The molecule has 1 N–H and O–H groups in total. The van der Waals surface area contributed by atoms with E-state index in [0.29, 0.717) is 23.6 Å². The van der Waals surface area contributed by atoms with E-state index in [1.807, 2.05) is 0 Å². The van der Waals surface area contributed by atoms with Crippen LogP contribution in [0.25, 0.3) is 0 Å². The summed E-state index contributed by atoms with van der Waals surface area (Å²) >= 11 is 0. The summed E-state index contributed by atoms with van der Waals surface area (Å²) in [4.78, 5) is 29.2. The van der Waals surface area contributed by atoms with E-state index in [0.717, 1.165) is 25.8 Å². The van der Waals surface area contributed by atoms with Gasteiger partial charge in [0, 0.05) is 18.7 Å². The third-order valence-corrected chi connectivity index (χ3v) is 5.29. The molecule has 0 aromatic heterocycles. The van der Waals surface area contributed by atoms with Gasteiger partial charge in [-0.2, -0.15) is 0 Å². The Labute approximate surface area is 153 Å². The first-order valence-electron chi connectivity index (χ1n) is 9.06. The molecule has 0 radical (unpaired) electrons. The van der Waals surface area contributed by atoms with Gasteiger partial charge in [0.25, 0.3) is 5.91 Å². The Morgan fingerprint density at radius 2 is 2.00 bits per heavy atom. The van der Waals surface area contributed by atoms with Crippen LogP contribution < -0.4 is 14.4 Å². The number of nitrogens with zero attached hydrogens (tertiary/aromatic N) is 2. The van der Waals surface area contributed by atoms with Gasteiger partial charge in [-0.05, 0) is 37.9 Å². The Hall–Kier alpha value is -2.12. The molecule has 2 atom stereocenters. The molecule has 26 heavy (non-hydrogen) atoms. The number of aliphatic hydroxyl groups is 1. The molecule has 1 aromatic carbocycles. The molecule has 7 nitrogen and oxygen atoms in total. The predicted molar refractivity (Wildman–Crippen MR) is 96.5 cm³/mol. The third-order valence-electron chi connectivity index (χ3n) is 5.29. The van der Waals surface area contributed by atoms with Gasteiger partial charge >= 0.3 is 0 Å². The molecular formula is C19H26N2O5. The van der Waals surface area contributed by atoms with Crippen LogP contribution in [-0.4, -0.2) is 61.3 Å². The molecule has 2 fully saturated rings. The van der Waals surface area contributed by atoms with Crippen LogP contribution in [0.4, 0.5) is 5.69 Å². The molecule has 142 valence electrons. The van der Waals surface area contributed by atoms with Crippen LogP contribution in [0.1, 0.15) is 32.1 Å². The molecule has 0 aliphatic carbocycles. The van der Waals surface area contributed by atoms with Gasteiger partial charge in [-0.15, -0.1) is 0 Å². The number of likely N-dealkylation sites (tertiary alicyclic amines) is 1. The number of carbonyl (C=O) groups is 2. The molecule has 2 heterocycles. The molecule has 2 aliphatic heterocycles. The second-order valence-corrected chi connectivity index (χ2v) is 6.72. The number of ether oxygens (including phenoxy) is 2. The Morgan fingerprint density at radius 1 is 1.19 bits per heavy atom. The van der Waals surface area contributed by atoms with Gasteiger partial charge in [-0.25, -0.2) is 4.90 Å². The van der Waals surface area contributed by atoms with Crippen LogP contribution in [0, 0.1) is 0 Å². The first-order valence-corrected chi connectivity index (χ1v) is 9.06. The average molecular weight is 362 g/mol. The zero-order chi connectivity index (χ0) is 18.7. The minimum Gasteiger partial charge on any atom is -0.497 e. The van der Waals surface area contributed by atoms with Crippen LogP contribution in [0.3, 0.4) is 0 Å². The van der Waals surface area contributed by atoms with E-state index in [2.05, 4.69) is 4.90 Å². The molecule has 0 bridgehead atoms. The Morgan fingerprint density at radius 3 is 2.69 bits per heavy atom. The zero-order valence-electron chi connectivity index (χ0n) is 15.3. The highest BCUT2D eigenvalue weighted by Gasteiger charge is 2.45. The number of imide groups is 1. The van der Waals surface area contributed by atoms with Crippen molar-refractivity contribution in [3.05, 3.63) is 18.2 Å². The number of aliphatic hydroxyl groups excluding tert-OH is 1. The number of amides is 2. The lowest BCUT2D eigenvalue weighted by Crippen LogP contribution is -2.50. The largest absolute Gasteiger partial charge is 0.497 e. The maximum Gasteiger partial charge on any atom is 0.251 e. The molecule has 0 spiro atoms.